The number of nitrogens with one attached hydrogen (secondary N) is 1. The van der Waals surface area contributed by atoms with Crippen LogP contribution in [0.5, 0.6) is 0 Å². The highest BCUT2D eigenvalue weighted by Gasteiger charge is 2.20. The van der Waals surface area contributed by atoms with Gasteiger partial charge >= 0.3 is 0 Å². The third kappa shape index (κ3) is 4.84. The first-order valence-corrected chi connectivity index (χ1v) is 6.30. The van der Waals surface area contributed by atoms with Gasteiger partial charge in [-0.2, -0.15) is 0 Å². The summed E-state index contributed by atoms with van der Waals surface area (Å²) in [7, 11) is 0. The van der Waals surface area contributed by atoms with E-state index >= 15 is 0 Å². The maximum Gasteiger partial charge on any atom is 0.237 e. The van der Waals surface area contributed by atoms with Gasteiger partial charge in [-0.15, -0.1) is 12.4 Å². The van der Waals surface area contributed by atoms with Crippen LogP contribution in [-0.2, 0) is 11.2 Å². The van der Waals surface area contributed by atoms with Gasteiger partial charge in [0.15, 0.2) is 0 Å². The van der Waals surface area contributed by atoms with Gasteiger partial charge in [0.2, 0.25) is 5.91 Å². The highest BCUT2D eigenvalue weighted by atomic mass is 35.5. The summed E-state index contributed by atoms with van der Waals surface area (Å²) in [4.78, 5) is 11.8. The number of hydrogen-bond donors (Lipinski definition) is 2. The van der Waals surface area contributed by atoms with Gasteiger partial charge in [0, 0.05) is 11.6 Å². The van der Waals surface area contributed by atoms with Crippen LogP contribution in [0.15, 0.2) is 4.52 Å². The summed E-state index contributed by atoms with van der Waals surface area (Å²) >= 11 is 0. The van der Waals surface area contributed by atoms with Crippen molar-refractivity contribution in [3.63, 3.8) is 0 Å². The molecule has 6 heteroatoms. The van der Waals surface area contributed by atoms with Crippen LogP contribution in [0.2, 0.25) is 0 Å². The number of carbonyl (C=O) groups excluding carboxylic acids is 1. The Hall–Kier alpha value is -1.07. The zero-order valence-electron chi connectivity index (χ0n) is 12.2. The summed E-state index contributed by atoms with van der Waals surface area (Å²) in [6.45, 7) is 9.60. The van der Waals surface area contributed by atoms with E-state index in [0.717, 1.165) is 17.0 Å². The van der Waals surface area contributed by atoms with E-state index in [9.17, 15) is 4.79 Å². The highest BCUT2D eigenvalue weighted by molar-refractivity contribution is 5.85. The molecule has 0 radical (unpaired) electrons. The van der Waals surface area contributed by atoms with Crippen molar-refractivity contribution in [2.75, 3.05) is 0 Å². The smallest absolute Gasteiger partial charge is 0.237 e. The summed E-state index contributed by atoms with van der Waals surface area (Å²) < 4.78 is 5.10. The molecule has 1 amide bonds. The van der Waals surface area contributed by atoms with Crippen molar-refractivity contribution in [2.45, 2.75) is 53.1 Å². The van der Waals surface area contributed by atoms with Gasteiger partial charge in [0.1, 0.15) is 5.76 Å². The fraction of sp³-hybridized carbons (Fsp3) is 0.692. The minimum Gasteiger partial charge on any atom is -0.361 e. The monoisotopic (exact) mass is 289 g/mol. The number of amides is 1. The van der Waals surface area contributed by atoms with Gasteiger partial charge in [-0.25, -0.2) is 0 Å². The molecule has 0 saturated heterocycles. The van der Waals surface area contributed by atoms with E-state index in [2.05, 4.69) is 10.5 Å². The van der Waals surface area contributed by atoms with Crippen LogP contribution in [0.25, 0.3) is 0 Å². The molecule has 0 saturated carbocycles. The lowest BCUT2D eigenvalue weighted by Gasteiger charge is -2.19. The van der Waals surface area contributed by atoms with Crippen molar-refractivity contribution >= 4 is 18.3 Å². The van der Waals surface area contributed by atoms with Gasteiger partial charge in [-0.3, -0.25) is 4.79 Å². The Balaban J connectivity index is 0.00000324. The van der Waals surface area contributed by atoms with Crippen molar-refractivity contribution in [1.29, 1.82) is 0 Å². The second kappa shape index (κ2) is 7.50. The maximum absolute atomic E-state index is 11.8. The van der Waals surface area contributed by atoms with E-state index in [-0.39, 0.29) is 30.3 Å². The van der Waals surface area contributed by atoms with Crippen molar-refractivity contribution < 1.29 is 9.32 Å². The SMILES string of the molecule is Cc1noc(C)c1CC(C)NC(=O)[C@@H](N)C(C)C.Cl. The van der Waals surface area contributed by atoms with E-state index in [4.69, 9.17) is 10.3 Å². The maximum atomic E-state index is 11.8. The Bertz CT molecular complexity index is 399. The van der Waals surface area contributed by atoms with Crippen LogP contribution in [0.1, 0.15) is 37.8 Å². The van der Waals surface area contributed by atoms with E-state index in [0.29, 0.717) is 6.42 Å². The molecule has 5 nitrogen and oxygen atoms in total. The zero-order valence-corrected chi connectivity index (χ0v) is 13.0. The third-order valence-corrected chi connectivity index (χ3v) is 3.10. The molecule has 0 aliphatic rings. The Labute approximate surface area is 120 Å². The van der Waals surface area contributed by atoms with Gasteiger partial charge in [0.05, 0.1) is 11.7 Å². The van der Waals surface area contributed by atoms with Crippen molar-refractivity contribution in [3.05, 3.63) is 17.0 Å². The first kappa shape index (κ1) is 17.9. The van der Waals surface area contributed by atoms with Crippen molar-refractivity contribution in [2.24, 2.45) is 11.7 Å². The van der Waals surface area contributed by atoms with Crippen molar-refractivity contribution in [1.82, 2.24) is 10.5 Å². The predicted molar refractivity (Wildman–Crippen MR) is 77.3 cm³/mol. The summed E-state index contributed by atoms with van der Waals surface area (Å²) in [6.07, 6.45) is 0.706. The average molecular weight is 290 g/mol. The number of hydrogen-bond acceptors (Lipinski definition) is 4. The second-order valence-corrected chi connectivity index (χ2v) is 5.19. The van der Waals surface area contributed by atoms with Crippen LogP contribution in [0, 0.1) is 19.8 Å². The number of carbonyl (C=O) groups is 1. The largest absolute Gasteiger partial charge is 0.361 e. The molecule has 1 aromatic rings. The Morgan fingerprint density at radius 3 is 2.37 bits per heavy atom. The fourth-order valence-corrected chi connectivity index (χ4v) is 1.79. The molecule has 1 rings (SSSR count). The summed E-state index contributed by atoms with van der Waals surface area (Å²) in [5, 5.41) is 6.82. The van der Waals surface area contributed by atoms with E-state index in [1.54, 1.807) is 0 Å². The topological polar surface area (TPSA) is 81.2 Å². The standard InChI is InChI=1S/C13H23N3O2.ClH/c1-7(2)12(14)13(17)15-8(3)6-11-9(4)16-18-10(11)5;/h7-8,12H,6,14H2,1-5H3,(H,15,17);1H/t8?,12-;/m0./s1. The summed E-state index contributed by atoms with van der Waals surface area (Å²) in [6, 6.07) is -0.448. The number of aromatic nitrogens is 1. The average Bonchev–Trinajstić information content (AvgIpc) is 2.59. The molecule has 0 fully saturated rings. The molecule has 0 aromatic carbocycles. The van der Waals surface area contributed by atoms with E-state index in [1.807, 2.05) is 34.6 Å². The molecule has 3 N–H and O–H groups in total. The van der Waals surface area contributed by atoms with Gasteiger partial charge in [-0.1, -0.05) is 19.0 Å². The Morgan fingerprint density at radius 2 is 1.95 bits per heavy atom. The van der Waals surface area contributed by atoms with Crippen LogP contribution in [-0.4, -0.2) is 23.1 Å². The van der Waals surface area contributed by atoms with Crippen LogP contribution in [0.4, 0.5) is 0 Å². The lowest BCUT2D eigenvalue weighted by Crippen LogP contribution is -2.47. The lowest BCUT2D eigenvalue weighted by atomic mass is 10.0. The quantitative estimate of drug-likeness (QED) is 0.865. The second-order valence-electron chi connectivity index (χ2n) is 5.19. The van der Waals surface area contributed by atoms with Crippen LogP contribution < -0.4 is 11.1 Å². The van der Waals surface area contributed by atoms with Gasteiger partial charge in [-0.05, 0) is 33.1 Å². The number of nitrogens with two attached hydrogens (primary N) is 1. The molecule has 0 aliphatic carbocycles. The van der Waals surface area contributed by atoms with E-state index < -0.39 is 6.04 Å². The van der Waals surface area contributed by atoms with Gasteiger partial charge in [0.25, 0.3) is 0 Å². The van der Waals surface area contributed by atoms with Gasteiger partial charge < -0.3 is 15.6 Å². The third-order valence-electron chi connectivity index (χ3n) is 3.10. The molecular formula is C13H24ClN3O2. The zero-order chi connectivity index (χ0) is 13.9. The minimum absolute atomic E-state index is 0. The summed E-state index contributed by atoms with van der Waals surface area (Å²) in [5.74, 6) is 0.835. The minimum atomic E-state index is -0.461. The molecule has 1 unspecified atom stereocenters. The number of nitrogens with zero attached hydrogens (tertiary/aromatic N) is 1. The lowest BCUT2D eigenvalue weighted by molar-refractivity contribution is -0.123. The molecular weight excluding hydrogens is 266 g/mol. The van der Waals surface area contributed by atoms with Crippen LogP contribution >= 0.6 is 12.4 Å². The molecule has 2 atom stereocenters. The molecule has 1 heterocycles. The molecule has 0 aliphatic heterocycles. The molecule has 0 bridgehead atoms. The Kier molecular flexibility index (Phi) is 7.08. The first-order valence-electron chi connectivity index (χ1n) is 6.30. The van der Waals surface area contributed by atoms with Crippen molar-refractivity contribution in [3.8, 4) is 0 Å². The molecule has 110 valence electrons. The molecule has 0 spiro atoms. The Morgan fingerprint density at radius 1 is 1.37 bits per heavy atom. The fourth-order valence-electron chi connectivity index (χ4n) is 1.79. The molecule has 1 aromatic heterocycles. The number of aryl methyl sites for hydroxylation is 2. The summed E-state index contributed by atoms with van der Waals surface area (Å²) in [5.41, 5.74) is 7.73. The van der Waals surface area contributed by atoms with Crippen LogP contribution in [0.3, 0.4) is 0 Å². The highest BCUT2D eigenvalue weighted by Crippen LogP contribution is 2.14. The number of rotatable bonds is 5. The first-order chi connectivity index (χ1) is 8.32. The number of halogens is 1. The van der Waals surface area contributed by atoms with E-state index in [1.165, 1.54) is 0 Å². The predicted octanol–water partition coefficient (Wildman–Crippen LogP) is 1.74. The normalized spacial score (nSPS) is 13.8. The molecule has 19 heavy (non-hydrogen) atoms.